The van der Waals surface area contributed by atoms with Gasteiger partial charge in [-0.25, -0.2) is 9.07 Å². The van der Waals surface area contributed by atoms with Gasteiger partial charge in [0.1, 0.15) is 11.6 Å². The lowest BCUT2D eigenvalue weighted by Gasteiger charge is -2.07. The van der Waals surface area contributed by atoms with Crippen molar-refractivity contribution >= 4 is 21.7 Å². The van der Waals surface area contributed by atoms with E-state index >= 15 is 0 Å². The first-order chi connectivity index (χ1) is 11.2. The van der Waals surface area contributed by atoms with Gasteiger partial charge < -0.3 is 9.84 Å². The average Bonchev–Trinajstić information content (AvgIpc) is 2.94. The van der Waals surface area contributed by atoms with Crippen molar-refractivity contribution in [1.29, 1.82) is 0 Å². The maximum Gasteiger partial charge on any atom is 0.241 e. The van der Waals surface area contributed by atoms with Gasteiger partial charge in [-0.3, -0.25) is 0 Å². The predicted molar refractivity (Wildman–Crippen MR) is 86.8 cm³/mol. The quantitative estimate of drug-likeness (QED) is 0.608. The highest BCUT2D eigenvalue weighted by Gasteiger charge is 2.17. The van der Waals surface area contributed by atoms with Gasteiger partial charge in [0, 0.05) is 10.8 Å². The van der Waals surface area contributed by atoms with Crippen LogP contribution in [0.25, 0.3) is 27.4 Å². The topological polar surface area (TPSA) is 47.3 Å². The lowest BCUT2D eigenvalue weighted by molar-refractivity contribution is 0.398. The monoisotopic (exact) mass is 308 g/mol. The first kappa shape index (κ1) is 13.6. The van der Waals surface area contributed by atoms with Crippen molar-refractivity contribution in [1.82, 2.24) is 9.78 Å². The average molecular weight is 308 g/mol. The van der Waals surface area contributed by atoms with Gasteiger partial charge in [0.15, 0.2) is 0 Å². The Morgan fingerprint density at radius 2 is 1.70 bits per heavy atom. The molecule has 0 aliphatic carbocycles. The summed E-state index contributed by atoms with van der Waals surface area (Å²) in [6.45, 7) is 0. The number of hydrogen-bond acceptors (Lipinski definition) is 3. The summed E-state index contributed by atoms with van der Waals surface area (Å²) in [6.07, 6.45) is 0. The van der Waals surface area contributed by atoms with Crippen LogP contribution in [0.3, 0.4) is 0 Å². The number of phenols is 1. The highest BCUT2D eigenvalue weighted by molar-refractivity contribution is 6.10. The predicted octanol–water partition coefficient (Wildman–Crippen LogP) is 4.03. The van der Waals surface area contributed by atoms with Crippen LogP contribution in [0.2, 0.25) is 0 Å². The van der Waals surface area contributed by atoms with E-state index in [1.165, 1.54) is 19.2 Å². The number of benzene rings is 3. The third-order valence-electron chi connectivity index (χ3n) is 3.89. The molecule has 0 spiro atoms. The number of aromatic hydroxyl groups is 1. The Labute approximate surface area is 131 Å². The number of aromatic nitrogens is 2. The van der Waals surface area contributed by atoms with E-state index in [4.69, 9.17) is 4.74 Å². The molecule has 1 heterocycles. The number of hydrogen-bond donors (Lipinski definition) is 1. The van der Waals surface area contributed by atoms with Gasteiger partial charge in [0.25, 0.3) is 0 Å². The zero-order valence-electron chi connectivity index (χ0n) is 12.3. The second kappa shape index (κ2) is 4.98. The van der Waals surface area contributed by atoms with Crippen molar-refractivity contribution in [2.24, 2.45) is 0 Å². The minimum Gasteiger partial charge on any atom is -0.507 e. The van der Waals surface area contributed by atoms with Crippen LogP contribution in [-0.2, 0) is 0 Å². The summed E-state index contributed by atoms with van der Waals surface area (Å²) in [7, 11) is 1.53. The van der Waals surface area contributed by atoms with Crippen molar-refractivity contribution in [2.75, 3.05) is 7.11 Å². The van der Waals surface area contributed by atoms with Gasteiger partial charge in [-0.05, 0) is 30.3 Å². The van der Waals surface area contributed by atoms with Crippen LogP contribution in [0.5, 0.6) is 11.6 Å². The largest absolute Gasteiger partial charge is 0.507 e. The summed E-state index contributed by atoms with van der Waals surface area (Å²) in [6, 6.07) is 15.3. The smallest absolute Gasteiger partial charge is 0.241 e. The first-order valence-corrected chi connectivity index (χ1v) is 7.12. The number of ether oxygens (including phenoxy) is 1. The number of halogens is 1. The van der Waals surface area contributed by atoms with E-state index in [0.29, 0.717) is 11.3 Å². The number of methoxy groups -OCH3 is 1. The fourth-order valence-corrected chi connectivity index (χ4v) is 2.85. The second-order valence-electron chi connectivity index (χ2n) is 5.23. The van der Waals surface area contributed by atoms with E-state index < -0.39 is 0 Å². The summed E-state index contributed by atoms with van der Waals surface area (Å²) >= 11 is 0. The molecule has 114 valence electrons. The third kappa shape index (κ3) is 2.01. The highest BCUT2D eigenvalue weighted by Crippen LogP contribution is 2.37. The molecule has 0 aliphatic heterocycles. The molecule has 4 aromatic rings. The summed E-state index contributed by atoms with van der Waals surface area (Å²) in [5.41, 5.74) is 1.53. The van der Waals surface area contributed by atoms with Crippen LogP contribution >= 0.6 is 0 Å². The molecule has 4 rings (SSSR count). The summed E-state index contributed by atoms with van der Waals surface area (Å²) in [4.78, 5) is 0. The normalized spacial score (nSPS) is 11.2. The molecular formula is C18H13FN2O2. The van der Waals surface area contributed by atoms with Crippen molar-refractivity contribution < 1.29 is 14.2 Å². The highest BCUT2D eigenvalue weighted by atomic mass is 19.1. The number of rotatable bonds is 2. The third-order valence-corrected chi connectivity index (χ3v) is 3.89. The Balaban J connectivity index is 2.16. The molecule has 3 aromatic carbocycles. The Morgan fingerprint density at radius 3 is 2.39 bits per heavy atom. The van der Waals surface area contributed by atoms with Crippen LogP contribution in [-0.4, -0.2) is 22.0 Å². The van der Waals surface area contributed by atoms with Crippen LogP contribution in [0.1, 0.15) is 0 Å². The van der Waals surface area contributed by atoms with E-state index in [0.717, 1.165) is 22.0 Å². The van der Waals surface area contributed by atoms with Gasteiger partial charge in [0.05, 0.1) is 23.7 Å². The van der Waals surface area contributed by atoms with Crippen LogP contribution in [0.4, 0.5) is 4.39 Å². The van der Waals surface area contributed by atoms with Gasteiger partial charge >= 0.3 is 0 Å². The molecule has 0 unspecified atom stereocenters. The Kier molecular flexibility index (Phi) is 2.94. The van der Waals surface area contributed by atoms with Gasteiger partial charge in [-0.1, -0.05) is 24.3 Å². The molecule has 0 radical (unpaired) electrons. The SMILES string of the molecule is COc1nn(-c2ccc(F)cc2)c2c1cc(O)c1ccccc12. The molecule has 5 heteroatoms. The Morgan fingerprint density at radius 1 is 1.00 bits per heavy atom. The Hall–Kier alpha value is -3.08. The van der Waals surface area contributed by atoms with E-state index in [1.807, 2.05) is 24.3 Å². The molecule has 23 heavy (non-hydrogen) atoms. The summed E-state index contributed by atoms with van der Waals surface area (Å²) < 4.78 is 20.3. The lowest BCUT2D eigenvalue weighted by atomic mass is 10.1. The van der Waals surface area contributed by atoms with Crippen molar-refractivity contribution in [3.8, 4) is 17.3 Å². The molecular weight excluding hydrogens is 295 g/mol. The molecule has 0 atom stereocenters. The fraction of sp³-hybridized carbons (Fsp3) is 0.0556. The van der Waals surface area contributed by atoms with Gasteiger partial charge in [0.2, 0.25) is 5.88 Å². The molecule has 4 nitrogen and oxygen atoms in total. The summed E-state index contributed by atoms with van der Waals surface area (Å²) in [5, 5.41) is 17.0. The van der Waals surface area contributed by atoms with Crippen LogP contribution in [0.15, 0.2) is 54.6 Å². The minimum atomic E-state index is -0.306. The zero-order chi connectivity index (χ0) is 16.0. The number of phenolic OH excluding ortho intramolecular Hbond substituents is 1. The molecule has 0 amide bonds. The van der Waals surface area contributed by atoms with E-state index in [2.05, 4.69) is 5.10 Å². The standard InChI is InChI=1S/C18H13FN2O2/c1-23-18-15-10-16(22)13-4-2-3-5-14(13)17(15)21(20-18)12-8-6-11(19)7-9-12/h2-10,22H,1H3. The molecule has 0 bridgehead atoms. The van der Waals surface area contributed by atoms with E-state index in [1.54, 1.807) is 22.9 Å². The van der Waals surface area contributed by atoms with Crippen molar-refractivity contribution in [3.05, 3.63) is 60.4 Å². The molecule has 1 N–H and O–H groups in total. The Bertz CT molecular complexity index is 1020. The molecule has 1 aromatic heterocycles. The van der Waals surface area contributed by atoms with E-state index in [9.17, 15) is 9.50 Å². The second-order valence-corrected chi connectivity index (χ2v) is 5.23. The fourth-order valence-electron chi connectivity index (χ4n) is 2.85. The maximum atomic E-state index is 13.2. The van der Waals surface area contributed by atoms with Gasteiger partial charge in [-0.15, -0.1) is 5.10 Å². The van der Waals surface area contributed by atoms with Crippen LogP contribution in [0, 0.1) is 5.82 Å². The van der Waals surface area contributed by atoms with Gasteiger partial charge in [-0.2, -0.15) is 0 Å². The first-order valence-electron chi connectivity index (χ1n) is 7.12. The lowest BCUT2D eigenvalue weighted by Crippen LogP contribution is -1.97. The maximum absolute atomic E-state index is 13.2. The number of nitrogens with zero attached hydrogens (tertiary/aromatic N) is 2. The molecule has 0 fully saturated rings. The molecule has 0 aliphatic rings. The molecule has 0 saturated carbocycles. The molecule has 0 saturated heterocycles. The van der Waals surface area contributed by atoms with Crippen molar-refractivity contribution in [3.63, 3.8) is 0 Å². The van der Waals surface area contributed by atoms with Crippen molar-refractivity contribution in [2.45, 2.75) is 0 Å². The minimum absolute atomic E-state index is 0.171. The van der Waals surface area contributed by atoms with Crippen LogP contribution < -0.4 is 4.74 Å². The summed E-state index contributed by atoms with van der Waals surface area (Å²) in [5.74, 6) is 0.273. The van der Waals surface area contributed by atoms with E-state index in [-0.39, 0.29) is 11.6 Å². The zero-order valence-corrected chi connectivity index (χ0v) is 12.3. The number of fused-ring (bicyclic) bond motifs is 3.